The summed E-state index contributed by atoms with van der Waals surface area (Å²) in [5.41, 5.74) is 1.87. The highest BCUT2D eigenvalue weighted by Gasteiger charge is 2.50. The van der Waals surface area contributed by atoms with E-state index in [2.05, 4.69) is 10.3 Å². The van der Waals surface area contributed by atoms with E-state index >= 15 is 0 Å². The summed E-state index contributed by atoms with van der Waals surface area (Å²) in [6.45, 7) is 2.36. The van der Waals surface area contributed by atoms with Crippen molar-refractivity contribution < 1.29 is 14.7 Å². The topological polar surface area (TPSA) is 83.7 Å². The maximum Gasteiger partial charge on any atom is 0.312 e. The molecule has 4 bridgehead atoms. The first-order valence-corrected chi connectivity index (χ1v) is 10.4. The van der Waals surface area contributed by atoms with Gasteiger partial charge in [-0.05, 0) is 80.8 Å². The van der Waals surface area contributed by atoms with Crippen LogP contribution >= 0.6 is 0 Å². The first-order valence-electron chi connectivity index (χ1n) is 10.4. The second-order valence-electron chi connectivity index (χ2n) is 9.47. The van der Waals surface area contributed by atoms with Crippen molar-refractivity contribution >= 4 is 17.5 Å². The van der Waals surface area contributed by atoms with Crippen LogP contribution in [0.2, 0.25) is 0 Å². The number of carbonyl (C=O) groups excluding carboxylic acids is 1. The minimum absolute atomic E-state index is 0.103. The largest absolute Gasteiger partial charge is 0.481 e. The van der Waals surface area contributed by atoms with Crippen molar-refractivity contribution in [1.82, 2.24) is 14.7 Å². The second-order valence-corrected chi connectivity index (χ2v) is 9.47. The van der Waals surface area contributed by atoms with Gasteiger partial charge in [0.1, 0.15) is 11.3 Å². The van der Waals surface area contributed by atoms with Gasteiger partial charge in [0.05, 0.1) is 11.6 Å². The van der Waals surface area contributed by atoms with Gasteiger partial charge < -0.3 is 10.4 Å². The molecule has 6 heteroatoms. The van der Waals surface area contributed by atoms with E-state index in [9.17, 15) is 14.7 Å². The smallest absolute Gasteiger partial charge is 0.312 e. The normalized spacial score (nSPS) is 31.8. The van der Waals surface area contributed by atoms with Gasteiger partial charge in [-0.2, -0.15) is 0 Å². The van der Waals surface area contributed by atoms with E-state index in [0.717, 1.165) is 24.3 Å². The van der Waals surface area contributed by atoms with Crippen LogP contribution in [0.4, 0.5) is 0 Å². The van der Waals surface area contributed by atoms with E-state index in [-0.39, 0.29) is 11.3 Å². The first-order chi connectivity index (χ1) is 13.4. The Morgan fingerprint density at radius 1 is 1.21 bits per heavy atom. The van der Waals surface area contributed by atoms with Crippen LogP contribution in [0.15, 0.2) is 24.4 Å². The van der Waals surface area contributed by atoms with Gasteiger partial charge in [-0.3, -0.25) is 14.0 Å². The summed E-state index contributed by atoms with van der Waals surface area (Å²) in [6.07, 6.45) is 9.64. The highest BCUT2D eigenvalue weighted by molar-refractivity contribution is 5.93. The Labute approximate surface area is 164 Å². The molecule has 0 radical (unpaired) electrons. The maximum atomic E-state index is 13.0. The lowest BCUT2D eigenvalue weighted by Gasteiger charge is -2.56. The number of carboxylic acids is 1. The quantitative estimate of drug-likeness (QED) is 0.831. The molecule has 6 nitrogen and oxygen atoms in total. The van der Waals surface area contributed by atoms with Gasteiger partial charge in [0.2, 0.25) is 0 Å². The molecule has 4 saturated carbocycles. The Balaban J connectivity index is 1.35. The van der Waals surface area contributed by atoms with E-state index in [1.54, 1.807) is 35.7 Å². The molecule has 0 saturated heterocycles. The van der Waals surface area contributed by atoms with Crippen LogP contribution in [-0.2, 0) is 4.79 Å². The number of nitrogens with one attached hydrogen (secondary N) is 1. The Hall–Kier alpha value is -2.37. The van der Waals surface area contributed by atoms with Gasteiger partial charge >= 0.3 is 5.97 Å². The number of hydrogen-bond donors (Lipinski definition) is 2. The highest BCUT2D eigenvalue weighted by atomic mass is 16.4. The van der Waals surface area contributed by atoms with Crippen molar-refractivity contribution in [2.75, 3.05) is 6.54 Å². The molecule has 2 heterocycles. The molecule has 2 aromatic heterocycles. The number of rotatable bonds is 5. The molecule has 4 fully saturated rings. The Morgan fingerprint density at radius 3 is 2.46 bits per heavy atom. The van der Waals surface area contributed by atoms with Gasteiger partial charge in [-0.15, -0.1) is 0 Å². The number of pyridine rings is 1. The van der Waals surface area contributed by atoms with Crippen LogP contribution in [-0.4, -0.2) is 32.9 Å². The fourth-order valence-corrected chi connectivity index (χ4v) is 6.41. The minimum atomic E-state index is -0.920. The van der Waals surface area contributed by atoms with Crippen LogP contribution in [0.5, 0.6) is 0 Å². The van der Waals surface area contributed by atoms with Gasteiger partial charge in [0.25, 0.3) is 5.91 Å². The number of aromatic nitrogens is 2. The van der Waals surface area contributed by atoms with Gasteiger partial charge in [0, 0.05) is 12.7 Å². The first kappa shape index (κ1) is 17.7. The minimum Gasteiger partial charge on any atom is -0.481 e. The molecule has 0 spiro atoms. The molecular weight excluding hydrogens is 354 g/mol. The lowest BCUT2D eigenvalue weighted by molar-refractivity contribution is -0.138. The van der Waals surface area contributed by atoms with Crippen LogP contribution in [0.25, 0.3) is 5.65 Å². The number of carbonyl (C=O) groups is 2. The summed E-state index contributed by atoms with van der Waals surface area (Å²) >= 11 is 0. The van der Waals surface area contributed by atoms with Crippen molar-refractivity contribution in [2.45, 2.75) is 51.4 Å². The second kappa shape index (κ2) is 6.33. The van der Waals surface area contributed by atoms with Gasteiger partial charge in [-0.25, -0.2) is 4.98 Å². The average molecular weight is 381 g/mol. The van der Waals surface area contributed by atoms with E-state index in [1.807, 2.05) is 0 Å². The molecule has 0 aliphatic heterocycles. The Morgan fingerprint density at radius 2 is 1.86 bits per heavy atom. The van der Waals surface area contributed by atoms with Crippen LogP contribution < -0.4 is 5.32 Å². The van der Waals surface area contributed by atoms with Crippen LogP contribution in [0.1, 0.15) is 67.5 Å². The number of fused-ring (bicyclic) bond motifs is 1. The van der Waals surface area contributed by atoms with E-state index < -0.39 is 11.9 Å². The van der Waals surface area contributed by atoms with Crippen molar-refractivity contribution in [3.63, 3.8) is 0 Å². The SMILES string of the molecule is CC(C(=O)O)c1cn2c(C(=O)NCC34CC5CC(CC(C5)C3)C4)cccc2n1. The maximum absolute atomic E-state index is 13.0. The molecule has 0 aromatic carbocycles. The molecule has 4 aliphatic carbocycles. The van der Waals surface area contributed by atoms with E-state index in [4.69, 9.17) is 0 Å². The van der Waals surface area contributed by atoms with Crippen molar-refractivity contribution in [3.8, 4) is 0 Å². The molecule has 6 rings (SSSR count). The summed E-state index contributed by atoms with van der Waals surface area (Å²) < 4.78 is 1.71. The fraction of sp³-hybridized carbons (Fsp3) is 0.591. The fourth-order valence-electron chi connectivity index (χ4n) is 6.41. The molecule has 1 amide bonds. The van der Waals surface area contributed by atoms with E-state index in [1.165, 1.54) is 38.5 Å². The number of nitrogens with zero attached hydrogens (tertiary/aromatic N) is 2. The summed E-state index contributed by atoms with van der Waals surface area (Å²) in [5.74, 6) is 0.855. The molecule has 1 unspecified atom stereocenters. The molecule has 2 N–H and O–H groups in total. The zero-order valence-corrected chi connectivity index (χ0v) is 16.2. The zero-order chi connectivity index (χ0) is 19.5. The zero-order valence-electron chi connectivity index (χ0n) is 16.2. The number of amides is 1. The highest BCUT2D eigenvalue weighted by Crippen LogP contribution is 2.59. The molecule has 28 heavy (non-hydrogen) atoms. The number of aliphatic carboxylic acids is 1. The van der Waals surface area contributed by atoms with E-state index in [0.29, 0.717) is 17.0 Å². The molecular formula is C22H27N3O3. The number of imidazole rings is 1. The predicted octanol–water partition coefficient (Wildman–Crippen LogP) is 3.47. The lowest BCUT2D eigenvalue weighted by atomic mass is 9.49. The monoisotopic (exact) mass is 381 g/mol. The van der Waals surface area contributed by atoms with Crippen molar-refractivity contribution in [2.24, 2.45) is 23.2 Å². The summed E-state index contributed by atoms with van der Waals surface area (Å²) in [5, 5.41) is 12.5. The number of carboxylic acid groups (broad SMARTS) is 1. The third kappa shape index (κ3) is 2.90. The summed E-state index contributed by atoms with van der Waals surface area (Å²) in [6, 6.07) is 5.38. The average Bonchev–Trinajstić information content (AvgIpc) is 3.08. The lowest BCUT2D eigenvalue weighted by Crippen LogP contribution is -2.51. The van der Waals surface area contributed by atoms with Crippen LogP contribution in [0.3, 0.4) is 0 Å². The number of hydrogen-bond acceptors (Lipinski definition) is 3. The molecule has 4 aliphatic rings. The third-order valence-corrected chi connectivity index (χ3v) is 7.35. The van der Waals surface area contributed by atoms with Crippen LogP contribution in [0, 0.1) is 23.2 Å². The Kier molecular flexibility index (Phi) is 4.00. The summed E-state index contributed by atoms with van der Waals surface area (Å²) in [4.78, 5) is 28.7. The standard InChI is InChI=1S/C22H27N3O3/c1-13(21(27)28)17-11-25-18(3-2-4-19(25)24-17)20(26)23-12-22-8-14-5-15(9-22)7-16(6-14)10-22/h2-4,11,13-16H,5-10,12H2,1H3,(H,23,26)(H,27,28). The summed E-state index contributed by atoms with van der Waals surface area (Å²) in [7, 11) is 0. The molecule has 1 atom stereocenters. The Bertz CT molecular complexity index is 912. The van der Waals surface area contributed by atoms with Gasteiger partial charge in [-0.1, -0.05) is 6.07 Å². The van der Waals surface area contributed by atoms with Gasteiger partial charge in [0.15, 0.2) is 0 Å². The van der Waals surface area contributed by atoms with Crippen molar-refractivity contribution in [1.29, 1.82) is 0 Å². The molecule has 2 aromatic rings. The molecule has 148 valence electrons. The van der Waals surface area contributed by atoms with Crippen molar-refractivity contribution in [3.05, 3.63) is 35.8 Å². The predicted molar refractivity (Wildman–Crippen MR) is 104 cm³/mol. The third-order valence-electron chi connectivity index (χ3n) is 7.35.